The predicted molar refractivity (Wildman–Crippen MR) is 129 cm³/mol. The Morgan fingerprint density at radius 2 is 1.91 bits per heavy atom. The largest absolute Gasteiger partial charge is 0.493 e. The molecule has 9 heteroatoms. The van der Waals surface area contributed by atoms with Gasteiger partial charge in [0.1, 0.15) is 6.54 Å². The topological polar surface area (TPSA) is 84.9 Å². The van der Waals surface area contributed by atoms with Gasteiger partial charge in [0.15, 0.2) is 11.5 Å². The van der Waals surface area contributed by atoms with Crippen LogP contribution in [0.5, 0.6) is 11.5 Å². The molecule has 0 spiro atoms. The van der Waals surface area contributed by atoms with Gasteiger partial charge in [-0.25, -0.2) is 0 Å². The summed E-state index contributed by atoms with van der Waals surface area (Å²) in [6.45, 7) is 4.03. The highest BCUT2D eigenvalue weighted by Crippen LogP contribution is 2.39. The van der Waals surface area contributed by atoms with Gasteiger partial charge in [-0.2, -0.15) is 0 Å². The number of anilines is 1. The van der Waals surface area contributed by atoms with Gasteiger partial charge in [-0.05, 0) is 82.5 Å². The summed E-state index contributed by atoms with van der Waals surface area (Å²) < 4.78 is 11.6. The number of rotatable bonds is 8. The third-order valence-corrected chi connectivity index (χ3v) is 6.16. The zero-order chi connectivity index (χ0) is 23.3. The van der Waals surface area contributed by atoms with Gasteiger partial charge in [-0.15, -0.1) is 0 Å². The molecule has 1 saturated heterocycles. The molecule has 1 fully saturated rings. The lowest BCUT2D eigenvalue weighted by atomic mass is 10.1. The standard InChI is InChI=1S/C23H23BrN2O5S/c1-4-14-6-8-16(9-7-14)25-20(27)13-26-22(28)19(32-23(26)29)12-15-10-17(24)21(31-5-2)18(11-15)30-3/h6-12H,4-5,13H2,1-3H3,(H,25,27)/b19-12+. The molecule has 0 unspecified atom stereocenters. The molecule has 0 bridgehead atoms. The molecular weight excluding hydrogens is 496 g/mol. The minimum Gasteiger partial charge on any atom is -0.493 e. The Kier molecular flexibility index (Phi) is 7.98. The number of benzene rings is 2. The fraction of sp³-hybridized carbons (Fsp3) is 0.261. The number of nitrogens with zero attached hydrogens (tertiary/aromatic N) is 1. The maximum absolute atomic E-state index is 12.8. The van der Waals surface area contributed by atoms with Crippen molar-refractivity contribution in [2.24, 2.45) is 0 Å². The summed E-state index contributed by atoms with van der Waals surface area (Å²) in [6.07, 6.45) is 2.49. The van der Waals surface area contributed by atoms with Crippen LogP contribution in [-0.4, -0.2) is 42.2 Å². The van der Waals surface area contributed by atoms with E-state index in [1.807, 2.05) is 26.0 Å². The molecule has 1 N–H and O–H groups in total. The van der Waals surface area contributed by atoms with Gasteiger partial charge in [0.05, 0.1) is 23.1 Å². The van der Waals surface area contributed by atoms with Crippen molar-refractivity contribution in [1.82, 2.24) is 4.90 Å². The molecule has 3 rings (SSSR count). The Bertz CT molecular complexity index is 1070. The molecule has 168 valence electrons. The van der Waals surface area contributed by atoms with Crippen LogP contribution in [0.1, 0.15) is 25.0 Å². The normalized spacial score (nSPS) is 14.8. The van der Waals surface area contributed by atoms with Gasteiger partial charge in [0.2, 0.25) is 5.91 Å². The van der Waals surface area contributed by atoms with Crippen molar-refractivity contribution in [3.05, 3.63) is 56.9 Å². The van der Waals surface area contributed by atoms with Crippen LogP contribution in [0.15, 0.2) is 45.8 Å². The number of carbonyl (C=O) groups excluding carboxylic acids is 3. The number of carbonyl (C=O) groups is 3. The van der Waals surface area contributed by atoms with Crippen molar-refractivity contribution in [2.75, 3.05) is 25.6 Å². The second-order valence-corrected chi connectivity index (χ2v) is 8.68. The number of ether oxygens (including phenoxy) is 2. The molecule has 1 aliphatic heterocycles. The summed E-state index contributed by atoms with van der Waals surface area (Å²) in [5, 5.41) is 2.23. The molecule has 7 nitrogen and oxygen atoms in total. The van der Waals surface area contributed by atoms with E-state index in [2.05, 4.69) is 21.2 Å². The van der Waals surface area contributed by atoms with Crippen molar-refractivity contribution in [3.63, 3.8) is 0 Å². The fourth-order valence-corrected chi connectivity index (χ4v) is 4.48. The van der Waals surface area contributed by atoms with E-state index in [4.69, 9.17) is 9.47 Å². The Hall–Kier alpha value is -2.78. The lowest BCUT2D eigenvalue weighted by Crippen LogP contribution is -2.36. The van der Waals surface area contributed by atoms with E-state index < -0.39 is 17.1 Å². The molecule has 0 atom stereocenters. The summed E-state index contributed by atoms with van der Waals surface area (Å²) in [6, 6.07) is 10.9. The average Bonchev–Trinajstić information content (AvgIpc) is 3.03. The predicted octanol–water partition coefficient (Wildman–Crippen LogP) is 5.09. The molecule has 3 amide bonds. The van der Waals surface area contributed by atoms with E-state index in [0.29, 0.717) is 33.8 Å². The van der Waals surface area contributed by atoms with E-state index in [1.54, 1.807) is 30.3 Å². The minimum absolute atomic E-state index is 0.230. The Morgan fingerprint density at radius 1 is 1.19 bits per heavy atom. The third-order valence-electron chi connectivity index (χ3n) is 4.66. The Balaban J connectivity index is 1.73. The molecule has 1 heterocycles. The number of amides is 3. The van der Waals surface area contributed by atoms with E-state index >= 15 is 0 Å². The lowest BCUT2D eigenvalue weighted by molar-refractivity contribution is -0.127. The quantitative estimate of drug-likeness (QED) is 0.489. The van der Waals surface area contributed by atoms with Crippen molar-refractivity contribution >= 4 is 56.5 Å². The van der Waals surface area contributed by atoms with Gasteiger partial charge in [-0.1, -0.05) is 19.1 Å². The first-order valence-corrected chi connectivity index (χ1v) is 11.6. The summed E-state index contributed by atoms with van der Waals surface area (Å²) >= 11 is 4.24. The van der Waals surface area contributed by atoms with Gasteiger partial charge in [0.25, 0.3) is 11.1 Å². The fourth-order valence-electron chi connectivity index (χ4n) is 3.06. The number of hydrogen-bond donors (Lipinski definition) is 1. The van der Waals surface area contributed by atoms with Crippen molar-refractivity contribution in [2.45, 2.75) is 20.3 Å². The highest BCUT2D eigenvalue weighted by molar-refractivity contribution is 9.10. The summed E-state index contributed by atoms with van der Waals surface area (Å²) in [7, 11) is 1.52. The summed E-state index contributed by atoms with van der Waals surface area (Å²) in [5.41, 5.74) is 2.42. The molecule has 2 aromatic carbocycles. The molecular formula is C23H23BrN2O5S. The van der Waals surface area contributed by atoms with Crippen molar-refractivity contribution in [1.29, 1.82) is 0 Å². The van der Waals surface area contributed by atoms with Crippen LogP contribution in [-0.2, 0) is 16.0 Å². The molecule has 0 radical (unpaired) electrons. The van der Waals surface area contributed by atoms with E-state index in [-0.39, 0.29) is 11.4 Å². The van der Waals surface area contributed by atoms with Crippen LogP contribution in [0.3, 0.4) is 0 Å². The van der Waals surface area contributed by atoms with Gasteiger partial charge >= 0.3 is 0 Å². The maximum atomic E-state index is 12.8. The van der Waals surface area contributed by atoms with Crippen LogP contribution in [0.2, 0.25) is 0 Å². The first-order chi connectivity index (χ1) is 15.4. The van der Waals surface area contributed by atoms with Crippen LogP contribution in [0, 0.1) is 0 Å². The number of nitrogens with one attached hydrogen (secondary N) is 1. The second-order valence-electron chi connectivity index (χ2n) is 6.83. The molecule has 1 aliphatic rings. The van der Waals surface area contributed by atoms with Crippen molar-refractivity contribution < 1.29 is 23.9 Å². The molecule has 0 aliphatic carbocycles. The van der Waals surface area contributed by atoms with E-state index in [9.17, 15) is 14.4 Å². The number of aryl methyl sites for hydroxylation is 1. The maximum Gasteiger partial charge on any atom is 0.294 e. The number of hydrogen-bond acceptors (Lipinski definition) is 6. The van der Waals surface area contributed by atoms with Gasteiger partial charge in [-0.3, -0.25) is 19.3 Å². The zero-order valence-corrected chi connectivity index (χ0v) is 20.3. The lowest BCUT2D eigenvalue weighted by Gasteiger charge is -2.13. The first-order valence-electron chi connectivity index (χ1n) is 10.0. The van der Waals surface area contributed by atoms with Gasteiger partial charge in [0, 0.05) is 5.69 Å². The number of imide groups is 1. The number of thioether (sulfide) groups is 1. The van der Waals surface area contributed by atoms with Crippen LogP contribution in [0.25, 0.3) is 6.08 Å². The average molecular weight is 519 g/mol. The van der Waals surface area contributed by atoms with E-state index in [1.165, 1.54) is 7.11 Å². The monoisotopic (exact) mass is 518 g/mol. The van der Waals surface area contributed by atoms with Gasteiger partial charge < -0.3 is 14.8 Å². The van der Waals surface area contributed by atoms with Crippen LogP contribution >= 0.6 is 27.7 Å². The van der Waals surface area contributed by atoms with Crippen LogP contribution < -0.4 is 14.8 Å². The smallest absolute Gasteiger partial charge is 0.294 e. The first kappa shape index (κ1) is 23.9. The van der Waals surface area contributed by atoms with Crippen molar-refractivity contribution in [3.8, 4) is 11.5 Å². The third kappa shape index (κ3) is 5.52. The number of halogens is 1. The zero-order valence-electron chi connectivity index (χ0n) is 17.9. The summed E-state index contributed by atoms with van der Waals surface area (Å²) in [5.74, 6) is 0.104. The molecule has 0 aromatic heterocycles. The highest BCUT2D eigenvalue weighted by Gasteiger charge is 2.36. The molecule has 32 heavy (non-hydrogen) atoms. The SMILES string of the molecule is CCOc1c(Br)cc(/C=C2/SC(=O)N(CC(=O)Nc3ccc(CC)cc3)C2=O)cc1OC. The summed E-state index contributed by atoms with van der Waals surface area (Å²) in [4.78, 5) is 38.7. The number of methoxy groups -OCH3 is 1. The second kappa shape index (κ2) is 10.7. The van der Waals surface area contributed by atoms with Crippen LogP contribution in [0.4, 0.5) is 10.5 Å². The molecule has 2 aromatic rings. The molecule has 0 saturated carbocycles. The Morgan fingerprint density at radius 3 is 2.53 bits per heavy atom. The highest BCUT2D eigenvalue weighted by atomic mass is 79.9. The minimum atomic E-state index is -0.513. The van der Waals surface area contributed by atoms with E-state index in [0.717, 1.165) is 28.6 Å². The Labute approximate surface area is 199 Å².